The Balaban J connectivity index is 2.31. The van der Waals surface area contributed by atoms with Crippen LogP contribution in [0.15, 0.2) is 6.07 Å². The molecule has 0 radical (unpaired) electrons. The largest absolute Gasteiger partial charge is 0.355 e. The van der Waals surface area contributed by atoms with Gasteiger partial charge in [0.15, 0.2) is 0 Å². The van der Waals surface area contributed by atoms with Crippen LogP contribution >= 0.6 is 34.8 Å². The summed E-state index contributed by atoms with van der Waals surface area (Å²) in [7, 11) is 0. The summed E-state index contributed by atoms with van der Waals surface area (Å²) in [5, 5.41) is 1.28. The molecule has 0 aliphatic carbocycles. The first kappa shape index (κ1) is 12.3. The highest BCUT2D eigenvalue weighted by Gasteiger charge is 2.28. The molecule has 2 unspecified atom stereocenters. The van der Waals surface area contributed by atoms with Crippen molar-refractivity contribution in [2.45, 2.75) is 13.8 Å². The van der Waals surface area contributed by atoms with Gasteiger partial charge in [0.25, 0.3) is 0 Å². The van der Waals surface area contributed by atoms with Gasteiger partial charge in [0, 0.05) is 13.1 Å². The first-order valence-electron chi connectivity index (χ1n) is 5.25. The summed E-state index contributed by atoms with van der Waals surface area (Å²) in [5.74, 6) is 2.03. The van der Waals surface area contributed by atoms with Gasteiger partial charge in [-0.3, -0.25) is 0 Å². The summed E-state index contributed by atoms with van der Waals surface area (Å²) in [6.07, 6.45) is 0. The Labute approximate surface area is 111 Å². The summed E-state index contributed by atoms with van der Waals surface area (Å²) in [6.45, 7) is 6.39. The molecule has 2 heterocycles. The molecular formula is C11H13Cl3N2. The van der Waals surface area contributed by atoms with Crippen LogP contribution in [0.4, 0.5) is 5.82 Å². The number of aromatic nitrogens is 1. The zero-order valence-corrected chi connectivity index (χ0v) is 11.4. The second-order valence-electron chi connectivity index (χ2n) is 4.43. The van der Waals surface area contributed by atoms with Crippen LogP contribution in [0, 0.1) is 11.8 Å². The highest BCUT2D eigenvalue weighted by Crippen LogP contribution is 2.35. The predicted octanol–water partition coefficient (Wildman–Crippen LogP) is 4.13. The van der Waals surface area contributed by atoms with Gasteiger partial charge in [-0.15, -0.1) is 0 Å². The minimum absolute atomic E-state index is 0.313. The number of hydrogen-bond donors (Lipinski definition) is 0. The second-order valence-corrected chi connectivity index (χ2v) is 5.60. The van der Waals surface area contributed by atoms with E-state index in [1.807, 2.05) is 0 Å². The summed E-state index contributed by atoms with van der Waals surface area (Å²) in [6, 6.07) is 1.65. The van der Waals surface area contributed by atoms with Crippen molar-refractivity contribution in [2.24, 2.45) is 11.8 Å². The van der Waals surface area contributed by atoms with Crippen molar-refractivity contribution < 1.29 is 0 Å². The molecule has 1 aromatic heterocycles. The SMILES string of the molecule is CC1CN(c2nc(Cl)c(Cl)cc2Cl)CC1C. The van der Waals surface area contributed by atoms with E-state index < -0.39 is 0 Å². The molecule has 0 aromatic carbocycles. The lowest BCUT2D eigenvalue weighted by Crippen LogP contribution is -2.21. The van der Waals surface area contributed by atoms with Crippen LogP contribution in [0.5, 0.6) is 0 Å². The van der Waals surface area contributed by atoms with E-state index >= 15 is 0 Å². The van der Waals surface area contributed by atoms with Crippen molar-refractivity contribution in [1.82, 2.24) is 4.98 Å². The Morgan fingerprint density at radius 3 is 2.25 bits per heavy atom. The summed E-state index contributed by atoms with van der Waals surface area (Å²) >= 11 is 17.9. The van der Waals surface area contributed by atoms with Crippen molar-refractivity contribution >= 4 is 40.6 Å². The molecule has 1 aliphatic heterocycles. The van der Waals surface area contributed by atoms with E-state index in [0.717, 1.165) is 18.9 Å². The van der Waals surface area contributed by atoms with Crippen molar-refractivity contribution in [3.8, 4) is 0 Å². The quantitative estimate of drug-likeness (QED) is 0.719. The van der Waals surface area contributed by atoms with E-state index in [9.17, 15) is 0 Å². The van der Waals surface area contributed by atoms with Crippen LogP contribution in [-0.2, 0) is 0 Å². The maximum Gasteiger partial charge on any atom is 0.150 e. The van der Waals surface area contributed by atoms with Crippen LogP contribution in [0.1, 0.15) is 13.8 Å². The highest BCUT2D eigenvalue weighted by atomic mass is 35.5. The number of rotatable bonds is 1. The molecule has 0 spiro atoms. The van der Waals surface area contributed by atoms with Gasteiger partial charge in [-0.05, 0) is 17.9 Å². The van der Waals surface area contributed by atoms with Crippen molar-refractivity contribution in [3.63, 3.8) is 0 Å². The molecule has 0 amide bonds. The first-order valence-corrected chi connectivity index (χ1v) is 6.39. The molecule has 2 atom stereocenters. The van der Waals surface area contributed by atoms with E-state index in [0.29, 0.717) is 27.0 Å². The fraction of sp³-hybridized carbons (Fsp3) is 0.545. The van der Waals surface area contributed by atoms with Gasteiger partial charge in [-0.1, -0.05) is 48.7 Å². The molecule has 1 aliphatic rings. The first-order chi connectivity index (χ1) is 7.49. The molecule has 88 valence electrons. The van der Waals surface area contributed by atoms with Crippen LogP contribution in [-0.4, -0.2) is 18.1 Å². The number of nitrogens with zero attached hydrogens (tertiary/aromatic N) is 2. The third kappa shape index (κ3) is 2.24. The van der Waals surface area contributed by atoms with Gasteiger partial charge in [0.2, 0.25) is 0 Å². The number of pyridine rings is 1. The van der Waals surface area contributed by atoms with Gasteiger partial charge >= 0.3 is 0 Å². The molecule has 1 fully saturated rings. The fourth-order valence-corrected chi connectivity index (χ4v) is 2.57. The van der Waals surface area contributed by atoms with E-state index in [2.05, 4.69) is 23.7 Å². The molecule has 0 N–H and O–H groups in total. The molecule has 16 heavy (non-hydrogen) atoms. The zero-order valence-electron chi connectivity index (χ0n) is 9.17. The van der Waals surface area contributed by atoms with Gasteiger partial charge in [-0.25, -0.2) is 4.98 Å². The minimum atomic E-state index is 0.313. The minimum Gasteiger partial charge on any atom is -0.355 e. The maximum absolute atomic E-state index is 6.13. The average molecular weight is 280 g/mol. The van der Waals surface area contributed by atoms with Crippen LogP contribution in [0.2, 0.25) is 15.2 Å². The summed E-state index contributed by atoms with van der Waals surface area (Å²) < 4.78 is 0. The zero-order chi connectivity index (χ0) is 11.9. The lowest BCUT2D eigenvalue weighted by molar-refractivity contribution is 0.494. The van der Waals surface area contributed by atoms with Crippen molar-refractivity contribution in [2.75, 3.05) is 18.0 Å². The summed E-state index contributed by atoms with van der Waals surface area (Å²) in [5.41, 5.74) is 0. The number of anilines is 1. The van der Waals surface area contributed by atoms with E-state index in [1.54, 1.807) is 6.07 Å². The van der Waals surface area contributed by atoms with E-state index in [1.165, 1.54) is 0 Å². The average Bonchev–Trinajstić information content (AvgIpc) is 2.53. The second kappa shape index (κ2) is 4.59. The highest BCUT2D eigenvalue weighted by molar-refractivity contribution is 6.42. The Bertz CT molecular complexity index is 398. The smallest absolute Gasteiger partial charge is 0.150 e. The van der Waals surface area contributed by atoms with Crippen molar-refractivity contribution in [3.05, 3.63) is 21.3 Å². The molecular weight excluding hydrogens is 266 g/mol. The van der Waals surface area contributed by atoms with Gasteiger partial charge in [-0.2, -0.15) is 0 Å². The fourth-order valence-electron chi connectivity index (χ4n) is 1.96. The molecule has 1 aromatic rings. The molecule has 1 saturated heterocycles. The van der Waals surface area contributed by atoms with Gasteiger partial charge < -0.3 is 4.90 Å². The lowest BCUT2D eigenvalue weighted by Gasteiger charge is -2.18. The van der Waals surface area contributed by atoms with E-state index in [4.69, 9.17) is 34.8 Å². The van der Waals surface area contributed by atoms with Crippen molar-refractivity contribution in [1.29, 1.82) is 0 Å². The van der Waals surface area contributed by atoms with Gasteiger partial charge in [0.1, 0.15) is 11.0 Å². The molecule has 2 rings (SSSR count). The normalized spacial score (nSPS) is 25.2. The molecule has 5 heteroatoms. The monoisotopic (exact) mass is 278 g/mol. The Morgan fingerprint density at radius 2 is 1.69 bits per heavy atom. The topological polar surface area (TPSA) is 16.1 Å². The number of hydrogen-bond acceptors (Lipinski definition) is 2. The predicted molar refractivity (Wildman–Crippen MR) is 69.8 cm³/mol. The Kier molecular flexibility index (Phi) is 3.53. The van der Waals surface area contributed by atoms with E-state index in [-0.39, 0.29) is 0 Å². The third-order valence-electron chi connectivity index (χ3n) is 3.16. The standard InChI is InChI=1S/C11H13Cl3N2/c1-6-4-16(5-7(6)2)11-9(13)3-8(12)10(14)15-11/h3,6-7H,4-5H2,1-2H3. The van der Waals surface area contributed by atoms with Crippen LogP contribution < -0.4 is 4.90 Å². The molecule has 0 saturated carbocycles. The summed E-state index contributed by atoms with van der Waals surface area (Å²) in [4.78, 5) is 6.42. The third-order valence-corrected chi connectivity index (χ3v) is 4.11. The lowest BCUT2D eigenvalue weighted by atomic mass is 10.0. The Hall–Kier alpha value is -0.180. The molecule has 0 bridgehead atoms. The van der Waals surface area contributed by atoms with Crippen LogP contribution in [0.25, 0.3) is 0 Å². The van der Waals surface area contributed by atoms with Gasteiger partial charge in [0.05, 0.1) is 10.0 Å². The maximum atomic E-state index is 6.13. The Morgan fingerprint density at radius 1 is 1.12 bits per heavy atom. The van der Waals surface area contributed by atoms with Crippen LogP contribution in [0.3, 0.4) is 0 Å². The number of halogens is 3. The molecule has 2 nitrogen and oxygen atoms in total.